The quantitative estimate of drug-likeness (QED) is 0.762. The number of nitrogens with one attached hydrogen (secondary N) is 1. The zero-order valence-electron chi connectivity index (χ0n) is 10.2. The van der Waals surface area contributed by atoms with Gasteiger partial charge in [-0.25, -0.2) is 8.78 Å². The zero-order valence-corrected chi connectivity index (χ0v) is 10.2. The summed E-state index contributed by atoms with van der Waals surface area (Å²) in [4.78, 5) is 2.27. The Morgan fingerprint density at radius 1 is 1.44 bits per heavy atom. The molecule has 0 saturated carbocycles. The molecule has 0 amide bonds. The van der Waals surface area contributed by atoms with Crippen molar-refractivity contribution in [2.24, 2.45) is 5.92 Å². The van der Waals surface area contributed by atoms with Crippen molar-refractivity contribution in [2.75, 3.05) is 20.1 Å². The highest BCUT2D eigenvalue weighted by molar-refractivity contribution is 4.86. The first-order chi connectivity index (χ1) is 7.41. The van der Waals surface area contributed by atoms with Crippen LogP contribution in [0.4, 0.5) is 8.78 Å². The topological polar surface area (TPSA) is 35.5 Å². The molecule has 0 aromatic heterocycles. The van der Waals surface area contributed by atoms with Crippen molar-refractivity contribution in [3.63, 3.8) is 0 Å². The zero-order chi connectivity index (χ0) is 12.3. The van der Waals surface area contributed by atoms with E-state index < -0.39 is 12.5 Å². The van der Waals surface area contributed by atoms with E-state index in [1.807, 2.05) is 0 Å². The highest BCUT2D eigenvalue weighted by Crippen LogP contribution is 2.20. The molecule has 0 aromatic rings. The predicted octanol–water partition coefficient (Wildman–Crippen LogP) is 0.931. The lowest BCUT2D eigenvalue weighted by molar-refractivity contribution is -0.00795. The average Bonchev–Trinajstić information content (AvgIpc) is 2.20. The number of piperidine rings is 1. The summed E-state index contributed by atoms with van der Waals surface area (Å²) in [6, 6.07) is 0.678. The molecular formula is C11H22F2N2O. The molecule has 0 aliphatic carbocycles. The third kappa shape index (κ3) is 3.64. The van der Waals surface area contributed by atoms with Crippen molar-refractivity contribution in [1.29, 1.82) is 0 Å². The average molecular weight is 236 g/mol. The van der Waals surface area contributed by atoms with E-state index in [1.165, 1.54) is 0 Å². The number of hydrogen-bond acceptors (Lipinski definition) is 3. The lowest BCUT2D eigenvalue weighted by atomic mass is 9.90. The summed E-state index contributed by atoms with van der Waals surface area (Å²) < 4.78 is 24.2. The molecule has 5 heteroatoms. The maximum absolute atomic E-state index is 12.1. The van der Waals surface area contributed by atoms with E-state index in [4.69, 9.17) is 5.11 Å². The Kier molecular flexibility index (Phi) is 5.08. The monoisotopic (exact) mass is 236 g/mol. The molecular weight excluding hydrogens is 214 g/mol. The number of nitrogens with zero attached hydrogens (tertiary/aromatic N) is 1. The normalized spacial score (nSPS) is 34.3. The van der Waals surface area contributed by atoms with E-state index in [2.05, 4.69) is 31.1 Å². The molecule has 1 aliphatic heterocycles. The Balaban J connectivity index is 2.36. The standard InChI is InChI=1S/C11H22F2N2O/c1-7-6-15(3)8(2)4-9(7)14-5-10(16)11(12)13/h7-11,14,16H,4-6H2,1-3H3. The molecule has 1 saturated heterocycles. The Morgan fingerprint density at radius 2 is 2.06 bits per heavy atom. The van der Waals surface area contributed by atoms with Gasteiger partial charge < -0.3 is 15.3 Å². The van der Waals surface area contributed by atoms with Gasteiger partial charge in [-0.05, 0) is 26.3 Å². The van der Waals surface area contributed by atoms with Gasteiger partial charge in [0.05, 0.1) is 0 Å². The van der Waals surface area contributed by atoms with Gasteiger partial charge in [-0.3, -0.25) is 0 Å². The Morgan fingerprint density at radius 3 is 2.62 bits per heavy atom. The van der Waals surface area contributed by atoms with Crippen molar-refractivity contribution in [1.82, 2.24) is 10.2 Å². The second kappa shape index (κ2) is 5.89. The van der Waals surface area contributed by atoms with E-state index in [1.54, 1.807) is 0 Å². The summed E-state index contributed by atoms with van der Waals surface area (Å²) in [6.45, 7) is 5.17. The molecule has 1 fully saturated rings. The Labute approximate surface area is 95.8 Å². The number of aliphatic hydroxyl groups excluding tert-OH is 1. The summed E-state index contributed by atoms with van der Waals surface area (Å²) >= 11 is 0. The van der Waals surface area contributed by atoms with Crippen LogP contribution in [0.15, 0.2) is 0 Å². The fraction of sp³-hybridized carbons (Fsp3) is 1.00. The van der Waals surface area contributed by atoms with E-state index >= 15 is 0 Å². The molecule has 4 unspecified atom stereocenters. The third-order valence-electron chi connectivity index (χ3n) is 3.49. The van der Waals surface area contributed by atoms with Crippen LogP contribution in [-0.2, 0) is 0 Å². The molecule has 0 radical (unpaired) electrons. The van der Waals surface area contributed by atoms with Crippen molar-refractivity contribution in [3.05, 3.63) is 0 Å². The molecule has 0 spiro atoms. The SMILES string of the molecule is CC1CN(C)C(C)CC1NCC(O)C(F)F. The van der Waals surface area contributed by atoms with Gasteiger partial charge in [-0.2, -0.15) is 0 Å². The fourth-order valence-electron chi connectivity index (χ4n) is 2.19. The van der Waals surface area contributed by atoms with Crippen molar-refractivity contribution in [3.8, 4) is 0 Å². The van der Waals surface area contributed by atoms with Crippen LogP contribution in [0.1, 0.15) is 20.3 Å². The smallest absolute Gasteiger partial charge is 0.265 e. The van der Waals surface area contributed by atoms with E-state index in [-0.39, 0.29) is 12.6 Å². The summed E-state index contributed by atoms with van der Waals surface area (Å²) in [6.07, 6.45) is -3.28. The predicted molar refractivity (Wildman–Crippen MR) is 59.7 cm³/mol. The van der Waals surface area contributed by atoms with Crippen LogP contribution in [-0.4, -0.2) is 54.8 Å². The number of alkyl halides is 2. The molecule has 1 heterocycles. The maximum Gasteiger partial charge on any atom is 0.265 e. The van der Waals surface area contributed by atoms with Gasteiger partial charge in [-0.1, -0.05) is 6.92 Å². The van der Waals surface area contributed by atoms with Gasteiger partial charge in [0.1, 0.15) is 6.10 Å². The lowest BCUT2D eigenvalue weighted by Crippen LogP contribution is -2.52. The highest BCUT2D eigenvalue weighted by atomic mass is 19.3. The minimum Gasteiger partial charge on any atom is -0.386 e. The lowest BCUT2D eigenvalue weighted by Gasteiger charge is -2.40. The second-order valence-corrected chi connectivity index (χ2v) is 4.92. The van der Waals surface area contributed by atoms with Gasteiger partial charge in [-0.15, -0.1) is 0 Å². The number of halogens is 2. The Hall–Kier alpha value is -0.260. The van der Waals surface area contributed by atoms with Crippen molar-refractivity contribution < 1.29 is 13.9 Å². The summed E-state index contributed by atoms with van der Waals surface area (Å²) in [5.41, 5.74) is 0. The molecule has 0 bridgehead atoms. The van der Waals surface area contributed by atoms with E-state index in [0.717, 1.165) is 13.0 Å². The molecule has 4 atom stereocenters. The number of likely N-dealkylation sites (tertiary alicyclic amines) is 1. The number of aliphatic hydroxyl groups is 1. The fourth-order valence-corrected chi connectivity index (χ4v) is 2.19. The number of hydrogen-bond donors (Lipinski definition) is 2. The molecule has 16 heavy (non-hydrogen) atoms. The van der Waals surface area contributed by atoms with Gasteiger partial charge in [0.15, 0.2) is 0 Å². The van der Waals surface area contributed by atoms with Gasteiger partial charge in [0.2, 0.25) is 0 Å². The number of rotatable bonds is 4. The third-order valence-corrected chi connectivity index (χ3v) is 3.49. The summed E-state index contributed by atoms with van der Waals surface area (Å²) in [7, 11) is 2.07. The van der Waals surface area contributed by atoms with Gasteiger partial charge in [0.25, 0.3) is 6.43 Å². The first kappa shape index (κ1) is 13.8. The van der Waals surface area contributed by atoms with Crippen LogP contribution < -0.4 is 5.32 Å². The van der Waals surface area contributed by atoms with Crippen LogP contribution in [0.5, 0.6) is 0 Å². The highest BCUT2D eigenvalue weighted by Gasteiger charge is 2.29. The van der Waals surface area contributed by atoms with Gasteiger partial charge >= 0.3 is 0 Å². The minimum atomic E-state index is -2.66. The van der Waals surface area contributed by atoms with Crippen LogP contribution in [0.25, 0.3) is 0 Å². The largest absolute Gasteiger partial charge is 0.386 e. The van der Waals surface area contributed by atoms with Crippen molar-refractivity contribution >= 4 is 0 Å². The molecule has 1 rings (SSSR count). The minimum absolute atomic E-state index is 0.0247. The molecule has 1 aliphatic rings. The van der Waals surface area contributed by atoms with Crippen LogP contribution in [0, 0.1) is 5.92 Å². The maximum atomic E-state index is 12.1. The first-order valence-electron chi connectivity index (χ1n) is 5.81. The van der Waals surface area contributed by atoms with Gasteiger partial charge in [0, 0.05) is 25.2 Å². The molecule has 96 valence electrons. The summed E-state index contributed by atoms with van der Waals surface area (Å²) in [5.74, 6) is 0.422. The molecule has 2 N–H and O–H groups in total. The van der Waals surface area contributed by atoms with Crippen molar-refractivity contribution in [2.45, 2.75) is 44.9 Å². The second-order valence-electron chi connectivity index (χ2n) is 4.92. The van der Waals surface area contributed by atoms with Crippen LogP contribution in [0.2, 0.25) is 0 Å². The first-order valence-corrected chi connectivity index (χ1v) is 5.81. The van der Waals surface area contributed by atoms with Crippen LogP contribution in [0.3, 0.4) is 0 Å². The van der Waals surface area contributed by atoms with Crippen LogP contribution >= 0.6 is 0 Å². The van der Waals surface area contributed by atoms with E-state index in [9.17, 15) is 8.78 Å². The summed E-state index contributed by atoms with van der Waals surface area (Å²) in [5, 5.41) is 12.1. The molecule has 0 aromatic carbocycles. The molecule has 3 nitrogen and oxygen atoms in total. The Bertz CT molecular complexity index is 216. The van der Waals surface area contributed by atoms with E-state index in [0.29, 0.717) is 12.0 Å².